The molecule has 108 valence electrons. The molecule has 1 aromatic rings. The van der Waals surface area contributed by atoms with Crippen LogP contribution in [0.3, 0.4) is 0 Å². The molecular formula is C15H25BrN2O. The van der Waals surface area contributed by atoms with Crippen LogP contribution in [0, 0.1) is 26.2 Å². The minimum absolute atomic E-state index is 0.0583. The molecule has 0 saturated heterocycles. The summed E-state index contributed by atoms with van der Waals surface area (Å²) in [5.74, 6) is 0.922. The number of anilines is 1. The zero-order valence-electron chi connectivity index (χ0n) is 12.8. The van der Waals surface area contributed by atoms with Gasteiger partial charge >= 0.3 is 0 Å². The first-order valence-electron chi connectivity index (χ1n) is 6.52. The predicted molar refractivity (Wildman–Crippen MR) is 86.2 cm³/mol. The molecule has 0 atom stereocenters. The second-order valence-electron chi connectivity index (χ2n) is 5.82. The van der Waals surface area contributed by atoms with Gasteiger partial charge in [0.25, 0.3) is 0 Å². The molecule has 4 heteroatoms. The van der Waals surface area contributed by atoms with Crippen molar-refractivity contribution in [1.82, 2.24) is 0 Å². The van der Waals surface area contributed by atoms with Gasteiger partial charge in [-0.1, -0.05) is 29.8 Å². The minimum Gasteiger partial charge on any atom is -0.494 e. The SMILES string of the molecule is COc1c(C)c(C)c(Br)c(C)c1NCC(C)(C)CN. The highest BCUT2D eigenvalue weighted by molar-refractivity contribution is 9.10. The van der Waals surface area contributed by atoms with Gasteiger partial charge in [0.05, 0.1) is 12.8 Å². The van der Waals surface area contributed by atoms with E-state index in [-0.39, 0.29) is 5.41 Å². The van der Waals surface area contributed by atoms with Crippen molar-refractivity contribution in [2.24, 2.45) is 11.1 Å². The highest BCUT2D eigenvalue weighted by Crippen LogP contribution is 2.40. The van der Waals surface area contributed by atoms with E-state index in [1.807, 2.05) is 0 Å². The lowest BCUT2D eigenvalue weighted by Gasteiger charge is -2.26. The summed E-state index contributed by atoms with van der Waals surface area (Å²) in [6, 6.07) is 0. The van der Waals surface area contributed by atoms with Crippen LogP contribution in [0.25, 0.3) is 0 Å². The molecule has 0 bridgehead atoms. The highest BCUT2D eigenvalue weighted by atomic mass is 79.9. The van der Waals surface area contributed by atoms with Crippen molar-refractivity contribution in [3.63, 3.8) is 0 Å². The van der Waals surface area contributed by atoms with Crippen molar-refractivity contribution in [3.05, 3.63) is 21.2 Å². The number of hydrogen-bond donors (Lipinski definition) is 2. The third-order valence-corrected chi connectivity index (χ3v) is 4.85. The molecule has 0 aromatic heterocycles. The first-order valence-corrected chi connectivity index (χ1v) is 7.31. The minimum atomic E-state index is 0.0583. The molecule has 0 aliphatic heterocycles. The van der Waals surface area contributed by atoms with Crippen molar-refractivity contribution in [1.29, 1.82) is 0 Å². The summed E-state index contributed by atoms with van der Waals surface area (Å²) in [7, 11) is 1.72. The van der Waals surface area contributed by atoms with E-state index >= 15 is 0 Å². The highest BCUT2D eigenvalue weighted by Gasteiger charge is 2.20. The van der Waals surface area contributed by atoms with E-state index in [0.29, 0.717) is 6.54 Å². The van der Waals surface area contributed by atoms with Gasteiger partial charge in [0.1, 0.15) is 5.75 Å². The number of ether oxygens (including phenoxy) is 1. The molecule has 0 saturated carbocycles. The van der Waals surface area contributed by atoms with Gasteiger partial charge in [-0.05, 0) is 49.4 Å². The smallest absolute Gasteiger partial charge is 0.145 e. The predicted octanol–water partition coefficient (Wildman–Crippen LogP) is 3.78. The second-order valence-corrected chi connectivity index (χ2v) is 6.61. The fraction of sp³-hybridized carbons (Fsp3) is 0.600. The number of nitrogens with two attached hydrogens (primary N) is 1. The van der Waals surface area contributed by atoms with Crippen LogP contribution in [0.1, 0.15) is 30.5 Å². The molecule has 1 aromatic carbocycles. The van der Waals surface area contributed by atoms with Gasteiger partial charge in [0, 0.05) is 11.0 Å². The first kappa shape index (κ1) is 16.3. The Labute approximate surface area is 125 Å². The molecule has 0 spiro atoms. The quantitative estimate of drug-likeness (QED) is 0.864. The average Bonchev–Trinajstić information content (AvgIpc) is 2.39. The van der Waals surface area contributed by atoms with Crippen molar-refractivity contribution >= 4 is 21.6 Å². The summed E-state index contributed by atoms with van der Waals surface area (Å²) in [5, 5.41) is 3.50. The Morgan fingerprint density at radius 1 is 1.16 bits per heavy atom. The van der Waals surface area contributed by atoms with Crippen LogP contribution in [0.2, 0.25) is 0 Å². The monoisotopic (exact) mass is 328 g/mol. The lowest BCUT2D eigenvalue weighted by molar-refractivity contribution is 0.398. The third kappa shape index (κ3) is 3.42. The third-order valence-electron chi connectivity index (χ3n) is 3.66. The van der Waals surface area contributed by atoms with Gasteiger partial charge in [-0.3, -0.25) is 0 Å². The van der Waals surface area contributed by atoms with Gasteiger partial charge in [-0.2, -0.15) is 0 Å². The maximum Gasteiger partial charge on any atom is 0.145 e. The van der Waals surface area contributed by atoms with Crippen LogP contribution >= 0.6 is 15.9 Å². The van der Waals surface area contributed by atoms with Gasteiger partial charge < -0.3 is 15.8 Å². The van der Waals surface area contributed by atoms with Crippen LogP contribution in [0.5, 0.6) is 5.75 Å². The van der Waals surface area contributed by atoms with Crippen molar-refractivity contribution in [2.75, 3.05) is 25.5 Å². The molecule has 0 heterocycles. The van der Waals surface area contributed by atoms with E-state index in [1.54, 1.807) is 7.11 Å². The fourth-order valence-corrected chi connectivity index (χ4v) is 2.45. The maximum absolute atomic E-state index is 5.78. The normalized spacial score (nSPS) is 11.6. The Bertz CT molecular complexity index is 470. The summed E-state index contributed by atoms with van der Waals surface area (Å²) in [5.41, 5.74) is 10.4. The number of nitrogens with one attached hydrogen (secondary N) is 1. The summed E-state index contributed by atoms with van der Waals surface area (Å²) in [4.78, 5) is 0. The average molecular weight is 329 g/mol. The van der Waals surface area contributed by atoms with E-state index in [0.717, 1.165) is 28.0 Å². The molecule has 0 aliphatic carbocycles. The van der Waals surface area contributed by atoms with Gasteiger partial charge in [-0.25, -0.2) is 0 Å². The van der Waals surface area contributed by atoms with Crippen LogP contribution in [-0.2, 0) is 0 Å². The summed E-state index contributed by atoms with van der Waals surface area (Å²) in [6.07, 6.45) is 0. The molecule has 3 nitrogen and oxygen atoms in total. The molecule has 0 unspecified atom stereocenters. The summed E-state index contributed by atoms with van der Waals surface area (Å²) < 4.78 is 6.71. The van der Waals surface area contributed by atoms with E-state index in [9.17, 15) is 0 Å². The number of methoxy groups -OCH3 is 1. The largest absolute Gasteiger partial charge is 0.494 e. The fourth-order valence-electron chi connectivity index (χ4n) is 1.95. The molecule has 3 N–H and O–H groups in total. The van der Waals surface area contributed by atoms with E-state index in [1.165, 1.54) is 11.1 Å². The topological polar surface area (TPSA) is 47.3 Å². The molecular weight excluding hydrogens is 304 g/mol. The lowest BCUT2D eigenvalue weighted by Crippen LogP contribution is -2.31. The Balaban J connectivity index is 3.20. The van der Waals surface area contributed by atoms with E-state index in [4.69, 9.17) is 10.5 Å². The van der Waals surface area contributed by atoms with Crippen molar-refractivity contribution in [3.8, 4) is 5.75 Å². The van der Waals surface area contributed by atoms with Gasteiger partial charge in [0.15, 0.2) is 0 Å². The molecule has 0 aliphatic rings. The Hall–Kier alpha value is -0.740. The standard InChI is InChI=1S/C15H25BrN2O/c1-9-10(2)14(19-6)13(11(3)12(9)16)18-8-15(4,5)7-17/h18H,7-8,17H2,1-6H3. The van der Waals surface area contributed by atoms with Gasteiger partial charge in [-0.15, -0.1) is 0 Å². The Morgan fingerprint density at radius 3 is 2.21 bits per heavy atom. The van der Waals surface area contributed by atoms with Crippen LogP contribution in [0.4, 0.5) is 5.69 Å². The number of halogens is 1. The first-order chi connectivity index (χ1) is 8.75. The van der Waals surface area contributed by atoms with E-state index in [2.05, 4.69) is 55.9 Å². The number of hydrogen-bond acceptors (Lipinski definition) is 3. The zero-order valence-corrected chi connectivity index (χ0v) is 14.4. The molecule has 0 fully saturated rings. The van der Waals surface area contributed by atoms with Gasteiger partial charge in [0.2, 0.25) is 0 Å². The lowest BCUT2D eigenvalue weighted by atomic mass is 9.93. The van der Waals surface area contributed by atoms with E-state index < -0.39 is 0 Å². The molecule has 0 radical (unpaired) electrons. The van der Waals surface area contributed by atoms with Crippen molar-refractivity contribution < 1.29 is 4.74 Å². The van der Waals surface area contributed by atoms with Crippen molar-refractivity contribution in [2.45, 2.75) is 34.6 Å². The molecule has 19 heavy (non-hydrogen) atoms. The number of rotatable bonds is 5. The second kappa shape index (κ2) is 6.14. The maximum atomic E-state index is 5.78. The number of benzene rings is 1. The van der Waals surface area contributed by atoms with Crippen LogP contribution in [-0.4, -0.2) is 20.2 Å². The summed E-state index contributed by atoms with van der Waals surface area (Å²) >= 11 is 3.66. The zero-order chi connectivity index (χ0) is 14.8. The van der Waals surface area contributed by atoms with Crippen LogP contribution < -0.4 is 15.8 Å². The molecule has 0 amide bonds. The Morgan fingerprint density at radius 2 is 1.74 bits per heavy atom. The Kier molecular flexibility index (Phi) is 5.27. The van der Waals surface area contributed by atoms with Crippen LogP contribution in [0.15, 0.2) is 4.47 Å². The molecule has 1 rings (SSSR count). The summed E-state index contributed by atoms with van der Waals surface area (Å²) in [6.45, 7) is 12.0.